The van der Waals surface area contributed by atoms with Crippen molar-refractivity contribution in [2.24, 2.45) is 0 Å². The largest absolute Gasteiger partial charge is 0.324 e. The quantitative estimate of drug-likeness (QED) is 0.344. The summed E-state index contributed by atoms with van der Waals surface area (Å²) in [6, 6.07) is 8.55. The van der Waals surface area contributed by atoms with Crippen molar-refractivity contribution in [3.63, 3.8) is 0 Å². The number of fused-ring (bicyclic) bond motifs is 2. The van der Waals surface area contributed by atoms with Gasteiger partial charge in [0.15, 0.2) is 0 Å². The normalized spacial score (nSPS) is 11.8. The van der Waals surface area contributed by atoms with Gasteiger partial charge in [-0.15, -0.1) is 0 Å². The second-order valence-electron chi connectivity index (χ2n) is 7.23. The van der Waals surface area contributed by atoms with E-state index in [1.54, 1.807) is 19.2 Å². The number of halogens is 2. The first-order valence-electron chi connectivity index (χ1n) is 9.54. The van der Waals surface area contributed by atoms with E-state index in [0.717, 1.165) is 29.1 Å². The zero-order valence-electron chi connectivity index (χ0n) is 16.8. The summed E-state index contributed by atoms with van der Waals surface area (Å²) >= 11 is 0. The van der Waals surface area contributed by atoms with Crippen molar-refractivity contribution in [3.8, 4) is 0 Å². The molecule has 0 saturated carbocycles. The first kappa shape index (κ1) is 20.7. The highest BCUT2D eigenvalue weighted by Crippen LogP contribution is 2.25. The van der Waals surface area contributed by atoms with Crippen molar-refractivity contribution in [1.29, 1.82) is 0 Å². The van der Waals surface area contributed by atoms with Gasteiger partial charge in [-0.25, -0.2) is 22.2 Å². The molecule has 0 amide bonds. The molecule has 2 aromatic carbocycles. The van der Waals surface area contributed by atoms with Gasteiger partial charge in [-0.2, -0.15) is 10.1 Å². The number of sulfone groups is 1. The van der Waals surface area contributed by atoms with Crippen LogP contribution in [0.15, 0.2) is 63.2 Å². The van der Waals surface area contributed by atoms with E-state index in [0.29, 0.717) is 17.4 Å². The summed E-state index contributed by atoms with van der Waals surface area (Å²) in [6.45, 7) is 1.61. The van der Waals surface area contributed by atoms with Crippen LogP contribution in [0.5, 0.6) is 0 Å². The molecule has 0 fully saturated rings. The van der Waals surface area contributed by atoms with Crippen molar-refractivity contribution < 1.29 is 17.2 Å². The third kappa shape index (κ3) is 3.59. The number of benzene rings is 2. The number of aromatic amines is 2. The smallest absolute Gasteiger partial charge is 0.268 e. The summed E-state index contributed by atoms with van der Waals surface area (Å²) in [4.78, 5) is 22.1. The van der Waals surface area contributed by atoms with Gasteiger partial charge in [0.25, 0.3) is 5.56 Å². The van der Waals surface area contributed by atoms with Crippen LogP contribution in [-0.4, -0.2) is 33.6 Å². The van der Waals surface area contributed by atoms with Gasteiger partial charge in [-0.05, 0) is 43.3 Å². The molecule has 3 heterocycles. The van der Waals surface area contributed by atoms with E-state index in [-0.39, 0.29) is 17.0 Å². The van der Waals surface area contributed by atoms with Crippen LogP contribution in [0.2, 0.25) is 0 Å². The highest BCUT2D eigenvalue weighted by Gasteiger charge is 2.26. The molecule has 0 unspecified atom stereocenters. The van der Waals surface area contributed by atoms with E-state index < -0.39 is 36.8 Å². The first-order valence-corrected chi connectivity index (χ1v) is 11.0. The van der Waals surface area contributed by atoms with Crippen molar-refractivity contribution in [2.45, 2.75) is 16.7 Å². The van der Waals surface area contributed by atoms with Gasteiger partial charge in [0.2, 0.25) is 15.8 Å². The molecule has 0 bridgehead atoms. The number of anilines is 2. The van der Waals surface area contributed by atoms with Crippen LogP contribution < -0.4 is 10.9 Å². The summed E-state index contributed by atoms with van der Waals surface area (Å²) in [7, 11) is -4.56. The second-order valence-corrected chi connectivity index (χ2v) is 9.12. The maximum atomic E-state index is 14.1. The van der Waals surface area contributed by atoms with Gasteiger partial charge < -0.3 is 10.3 Å². The van der Waals surface area contributed by atoms with Crippen LogP contribution in [0.4, 0.5) is 20.4 Å². The van der Waals surface area contributed by atoms with Gasteiger partial charge in [-0.1, -0.05) is 0 Å². The number of hydrogen-bond donors (Lipinski definition) is 3. The maximum Gasteiger partial charge on any atom is 0.268 e. The van der Waals surface area contributed by atoms with E-state index in [1.807, 2.05) is 12.1 Å². The molecule has 0 radical (unpaired) electrons. The summed E-state index contributed by atoms with van der Waals surface area (Å²) in [6.07, 6.45) is 1.66. The van der Waals surface area contributed by atoms with E-state index in [1.165, 1.54) is 0 Å². The number of nitrogens with one attached hydrogen (secondary N) is 3. The zero-order chi connectivity index (χ0) is 23.3. The molecule has 0 atom stereocenters. The predicted molar refractivity (Wildman–Crippen MR) is 116 cm³/mol. The minimum Gasteiger partial charge on any atom is -0.324 e. The zero-order valence-corrected chi connectivity index (χ0v) is 17.7. The lowest BCUT2D eigenvalue weighted by Crippen LogP contribution is -2.19. The summed E-state index contributed by atoms with van der Waals surface area (Å²) < 4.78 is 53.1. The summed E-state index contributed by atoms with van der Waals surface area (Å²) in [5.74, 6) is -2.05. The summed E-state index contributed by atoms with van der Waals surface area (Å²) in [5, 5.41) is 11.0. The molecule has 0 saturated heterocycles. The van der Waals surface area contributed by atoms with Crippen LogP contribution in [0.3, 0.4) is 0 Å². The van der Waals surface area contributed by atoms with Gasteiger partial charge in [0, 0.05) is 22.5 Å². The molecule has 0 aliphatic heterocycles. The Morgan fingerprint density at radius 3 is 2.61 bits per heavy atom. The van der Waals surface area contributed by atoms with Crippen molar-refractivity contribution in [2.75, 3.05) is 5.32 Å². The van der Waals surface area contributed by atoms with Gasteiger partial charge in [-0.3, -0.25) is 9.89 Å². The highest BCUT2D eigenvalue weighted by molar-refractivity contribution is 7.91. The standard InChI is InChI=1S/C21H14F2N6O3S/c1-10-14-8-18(33(31,32)17-5-2-12(22)7-15(17)23)20(30)27-19(14)28-21(25-10)26-13-3-4-16-11(6-13)9-24-29-16/h2-9H,1H3,(H,24,29)(H2,25,26,27,28,30). The lowest BCUT2D eigenvalue weighted by atomic mass is 10.2. The Kier molecular flexibility index (Phi) is 4.67. The molecule has 9 nitrogen and oxygen atoms in total. The molecule has 12 heteroatoms. The van der Waals surface area contributed by atoms with Crippen LogP contribution in [0.1, 0.15) is 5.69 Å². The first-order chi connectivity index (χ1) is 15.7. The molecule has 5 aromatic rings. The van der Waals surface area contributed by atoms with Crippen molar-refractivity contribution in [1.82, 2.24) is 25.1 Å². The van der Waals surface area contributed by atoms with Crippen LogP contribution in [-0.2, 0) is 9.84 Å². The third-order valence-electron chi connectivity index (χ3n) is 5.04. The minimum atomic E-state index is -4.56. The Hall–Kier alpha value is -4.19. The van der Waals surface area contributed by atoms with E-state index in [2.05, 4.69) is 30.5 Å². The topological polar surface area (TPSA) is 133 Å². The molecule has 5 rings (SSSR count). The van der Waals surface area contributed by atoms with Gasteiger partial charge >= 0.3 is 0 Å². The fraction of sp³-hybridized carbons (Fsp3) is 0.0476. The second kappa shape index (κ2) is 7.45. The Morgan fingerprint density at radius 2 is 1.82 bits per heavy atom. The number of nitrogens with zero attached hydrogens (tertiary/aromatic N) is 3. The molecular formula is C21H14F2N6O3S. The lowest BCUT2D eigenvalue weighted by Gasteiger charge is -2.10. The van der Waals surface area contributed by atoms with E-state index in [4.69, 9.17) is 0 Å². The monoisotopic (exact) mass is 468 g/mol. The Morgan fingerprint density at radius 1 is 1.00 bits per heavy atom. The van der Waals surface area contributed by atoms with Crippen LogP contribution in [0.25, 0.3) is 21.9 Å². The average Bonchev–Trinajstić information content (AvgIpc) is 3.20. The van der Waals surface area contributed by atoms with Crippen LogP contribution in [0, 0.1) is 18.6 Å². The van der Waals surface area contributed by atoms with Crippen molar-refractivity contribution in [3.05, 3.63) is 76.3 Å². The van der Waals surface area contributed by atoms with Crippen LogP contribution >= 0.6 is 0 Å². The Bertz CT molecular complexity index is 1730. The fourth-order valence-corrected chi connectivity index (χ4v) is 4.80. The molecule has 3 N–H and O–H groups in total. The third-order valence-corrected chi connectivity index (χ3v) is 6.83. The molecule has 0 aliphatic carbocycles. The Balaban J connectivity index is 1.58. The van der Waals surface area contributed by atoms with Gasteiger partial charge in [0.1, 0.15) is 27.1 Å². The molecule has 3 aromatic heterocycles. The van der Waals surface area contributed by atoms with E-state index in [9.17, 15) is 22.0 Å². The number of aromatic nitrogens is 5. The molecule has 166 valence electrons. The average molecular weight is 468 g/mol. The molecule has 33 heavy (non-hydrogen) atoms. The Labute approximate surface area is 184 Å². The fourth-order valence-electron chi connectivity index (χ4n) is 3.43. The van der Waals surface area contributed by atoms with E-state index >= 15 is 0 Å². The summed E-state index contributed by atoms with van der Waals surface area (Å²) in [5.41, 5.74) is 1.01. The number of hydrogen-bond acceptors (Lipinski definition) is 7. The number of H-pyrrole nitrogens is 2. The number of aryl methyl sites for hydroxylation is 1. The molecule has 0 aliphatic rings. The SMILES string of the molecule is Cc1nc(Nc2ccc3[nH]ncc3c2)nc2[nH]c(=O)c(S(=O)(=O)c3ccc(F)cc3F)cc12. The van der Waals surface area contributed by atoms with Crippen molar-refractivity contribution >= 4 is 43.4 Å². The lowest BCUT2D eigenvalue weighted by molar-refractivity contribution is 0.548. The number of rotatable bonds is 4. The minimum absolute atomic E-state index is 0.0953. The number of pyridine rings is 1. The maximum absolute atomic E-state index is 14.1. The highest BCUT2D eigenvalue weighted by atomic mass is 32.2. The molecular weight excluding hydrogens is 454 g/mol. The van der Waals surface area contributed by atoms with Gasteiger partial charge in [0.05, 0.1) is 17.4 Å². The predicted octanol–water partition coefficient (Wildman–Crippen LogP) is 3.36. The molecule has 0 spiro atoms.